The average molecular weight is 535 g/mol. The van der Waals surface area contributed by atoms with Gasteiger partial charge in [0.15, 0.2) is 5.82 Å². The largest absolute Gasteiger partial charge is 0.377 e. The lowest BCUT2D eigenvalue weighted by atomic mass is 9.98. The number of aromatic amines is 1. The van der Waals surface area contributed by atoms with Crippen LogP contribution in [0.5, 0.6) is 0 Å². The molecule has 5 rings (SSSR count). The highest BCUT2D eigenvalue weighted by Crippen LogP contribution is 2.33. The van der Waals surface area contributed by atoms with Crippen LogP contribution in [0.3, 0.4) is 0 Å². The molecule has 0 spiro atoms. The van der Waals surface area contributed by atoms with Crippen molar-refractivity contribution in [1.29, 1.82) is 0 Å². The predicted octanol–water partition coefficient (Wildman–Crippen LogP) is 5.39. The summed E-state index contributed by atoms with van der Waals surface area (Å²) in [5.74, 6) is 0.640. The summed E-state index contributed by atoms with van der Waals surface area (Å²) in [6.07, 6.45) is 2.90. The molecule has 2 aromatic heterocycles. The van der Waals surface area contributed by atoms with Crippen LogP contribution in [0.25, 0.3) is 10.9 Å². The van der Waals surface area contributed by atoms with E-state index in [9.17, 15) is 4.79 Å². The Morgan fingerprint density at radius 3 is 2.71 bits per heavy atom. The van der Waals surface area contributed by atoms with Crippen molar-refractivity contribution in [3.8, 4) is 0 Å². The second-order valence-electron chi connectivity index (χ2n) is 10.9. The number of H-pyrrole nitrogens is 1. The zero-order chi connectivity index (χ0) is 26.9. The van der Waals surface area contributed by atoms with Crippen molar-refractivity contribution in [3.05, 3.63) is 86.4 Å². The van der Waals surface area contributed by atoms with Crippen LogP contribution >= 0.6 is 11.6 Å². The Morgan fingerprint density at radius 2 is 2.00 bits per heavy atom. The summed E-state index contributed by atoms with van der Waals surface area (Å²) in [6, 6.07) is 15.4. The fourth-order valence-corrected chi connectivity index (χ4v) is 5.24. The van der Waals surface area contributed by atoms with Crippen LogP contribution in [-0.4, -0.2) is 49.3 Å². The summed E-state index contributed by atoms with van der Waals surface area (Å²) in [6.45, 7) is 10.3. The standard InChI is InChI=1S/C29H35ClN6O2/c1-5-29(3,4)36-27(32-33-34-36)26(24-16-21-11-8-19(2)15-25(21)31-28(24)37)35(18-23-7-6-14-38-23)17-20-9-12-22(30)13-10-20/h8-13,15-16,23,26H,5-7,14,17-18H2,1-4H3,(H,31,37)/t23-,26+/m1/s1. The molecule has 9 heteroatoms. The molecule has 200 valence electrons. The van der Waals surface area contributed by atoms with E-state index in [2.05, 4.69) is 52.2 Å². The Hall–Kier alpha value is -3.07. The number of benzene rings is 2. The second kappa shape index (κ2) is 11.0. The number of ether oxygens (including phenoxy) is 1. The lowest BCUT2D eigenvalue weighted by Gasteiger charge is -2.34. The van der Waals surface area contributed by atoms with Crippen molar-refractivity contribution in [2.45, 2.75) is 71.2 Å². The summed E-state index contributed by atoms with van der Waals surface area (Å²) in [5.41, 5.74) is 3.11. The summed E-state index contributed by atoms with van der Waals surface area (Å²) in [7, 11) is 0. The van der Waals surface area contributed by atoms with E-state index in [1.54, 1.807) is 0 Å². The molecular formula is C29H35ClN6O2. The van der Waals surface area contributed by atoms with Gasteiger partial charge in [-0.3, -0.25) is 9.69 Å². The van der Waals surface area contributed by atoms with Gasteiger partial charge < -0.3 is 9.72 Å². The van der Waals surface area contributed by atoms with Gasteiger partial charge in [0.1, 0.15) is 6.04 Å². The van der Waals surface area contributed by atoms with Crippen molar-refractivity contribution in [2.75, 3.05) is 13.2 Å². The molecule has 38 heavy (non-hydrogen) atoms. The fourth-order valence-electron chi connectivity index (χ4n) is 5.11. The summed E-state index contributed by atoms with van der Waals surface area (Å²) in [5, 5.41) is 14.7. The fraction of sp³-hybridized carbons (Fsp3) is 0.448. The van der Waals surface area contributed by atoms with Gasteiger partial charge in [0.2, 0.25) is 0 Å². The highest BCUT2D eigenvalue weighted by atomic mass is 35.5. The first-order valence-corrected chi connectivity index (χ1v) is 13.7. The Labute approximate surface area is 228 Å². The molecule has 0 unspecified atom stereocenters. The average Bonchev–Trinajstić information content (AvgIpc) is 3.59. The normalized spacial score (nSPS) is 16.9. The minimum atomic E-state index is -0.495. The van der Waals surface area contributed by atoms with E-state index in [-0.39, 0.29) is 17.2 Å². The third-order valence-electron chi connectivity index (χ3n) is 7.63. The SMILES string of the molecule is CCC(C)(C)n1nnnc1[C@H](c1cc2ccc(C)cc2[nH]c1=O)N(Cc1ccc(Cl)cc1)C[C@H]1CCCO1. The van der Waals surface area contributed by atoms with E-state index < -0.39 is 6.04 Å². The van der Waals surface area contributed by atoms with Crippen LogP contribution in [0.15, 0.2) is 53.3 Å². The number of hydrogen-bond donors (Lipinski definition) is 1. The van der Waals surface area contributed by atoms with Crippen LogP contribution in [-0.2, 0) is 16.8 Å². The molecule has 3 heterocycles. The van der Waals surface area contributed by atoms with Crippen LogP contribution in [0, 0.1) is 6.92 Å². The molecule has 0 saturated carbocycles. The molecule has 2 aromatic carbocycles. The predicted molar refractivity (Wildman–Crippen MR) is 149 cm³/mol. The molecular weight excluding hydrogens is 500 g/mol. The quantitative estimate of drug-likeness (QED) is 0.309. The first kappa shape index (κ1) is 26.5. The molecule has 2 atom stereocenters. The zero-order valence-electron chi connectivity index (χ0n) is 22.4. The van der Waals surface area contributed by atoms with Crippen molar-refractivity contribution >= 4 is 22.5 Å². The van der Waals surface area contributed by atoms with Gasteiger partial charge >= 0.3 is 0 Å². The molecule has 1 N–H and O–H groups in total. The van der Waals surface area contributed by atoms with Gasteiger partial charge in [-0.15, -0.1) is 5.10 Å². The first-order chi connectivity index (χ1) is 18.2. The minimum absolute atomic E-state index is 0.0653. The van der Waals surface area contributed by atoms with Crippen molar-refractivity contribution < 1.29 is 4.74 Å². The van der Waals surface area contributed by atoms with E-state index in [1.807, 2.05) is 54.1 Å². The van der Waals surface area contributed by atoms with Gasteiger partial charge in [-0.05, 0) is 91.2 Å². The van der Waals surface area contributed by atoms with Crippen molar-refractivity contribution in [2.24, 2.45) is 0 Å². The highest BCUT2D eigenvalue weighted by molar-refractivity contribution is 6.30. The van der Waals surface area contributed by atoms with E-state index in [1.165, 1.54) is 0 Å². The molecule has 1 fully saturated rings. The summed E-state index contributed by atoms with van der Waals surface area (Å²) >= 11 is 6.19. The number of hydrogen-bond acceptors (Lipinski definition) is 6. The molecule has 0 radical (unpaired) electrons. The van der Waals surface area contributed by atoms with Gasteiger partial charge in [-0.1, -0.05) is 42.8 Å². The maximum Gasteiger partial charge on any atom is 0.253 e. The summed E-state index contributed by atoms with van der Waals surface area (Å²) in [4.78, 5) is 19.1. The number of pyridine rings is 1. The lowest BCUT2D eigenvalue weighted by molar-refractivity contribution is 0.0562. The number of nitrogens with one attached hydrogen (secondary N) is 1. The van der Waals surface area contributed by atoms with Crippen LogP contribution in [0.2, 0.25) is 5.02 Å². The van der Waals surface area contributed by atoms with E-state index >= 15 is 0 Å². The van der Waals surface area contributed by atoms with Gasteiger partial charge in [-0.25, -0.2) is 4.68 Å². The van der Waals surface area contributed by atoms with Gasteiger partial charge in [0, 0.05) is 35.8 Å². The van der Waals surface area contributed by atoms with Crippen LogP contribution < -0.4 is 5.56 Å². The van der Waals surface area contributed by atoms with Crippen LogP contribution in [0.4, 0.5) is 0 Å². The maximum absolute atomic E-state index is 13.7. The summed E-state index contributed by atoms with van der Waals surface area (Å²) < 4.78 is 7.94. The van der Waals surface area contributed by atoms with Crippen molar-refractivity contribution in [1.82, 2.24) is 30.1 Å². The number of fused-ring (bicyclic) bond motifs is 1. The highest BCUT2D eigenvalue weighted by Gasteiger charge is 2.36. The van der Waals surface area contributed by atoms with Gasteiger partial charge in [0.05, 0.1) is 11.6 Å². The van der Waals surface area contributed by atoms with E-state index in [4.69, 9.17) is 16.3 Å². The van der Waals surface area contributed by atoms with Crippen LogP contribution in [0.1, 0.15) is 68.6 Å². The van der Waals surface area contributed by atoms with Crippen molar-refractivity contribution in [3.63, 3.8) is 0 Å². The number of rotatable bonds is 9. The molecule has 0 aliphatic carbocycles. The Bertz CT molecular complexity index is 1460. The Balaban J connectivity index is 1.69. The molecule has 1 aliphatic heterocycles. The first-order valence-electron chi connectivity index (χ1n) is 13.3. The Morgan fingerprint density at radius 1 is 1.21 bits per heavy atom. The Kier molecular flexibility index (Phi) is 7.66. The molecule has 0 amide bonds. The van der Waals surface area contributed by atoms with E-state index in [0.29, 0.717) is 29.5 Å². The third-order valence-corrected chi connectivity index (χ3v) is 7.88. The third kappa shape index (κ3) is 5.53. The topological polar surface area (TPSA) is 88.9 Å². The number of aryl methyl sites for hydroxylation is 1. The minimum Gasteiger partial charge on any atom is -0.377 e. The smallest absolute Gasteiger partial charge is 0.253 e. The molecule has 1 saturated heterocycles. The molecule has 4 aromatic rings. The number of aromatic nitrogens is 5. The molecule has 8 nitrogen and oxygen atoms in total. The zero-order valence-corrected chi connectivity index (χ0v) is 23.2. The second-order valence-corrected chi connectivity index (χ2v) is 11.3. The number of halogens is 1. The number of nitrogens with zero attached hydrogens (tertiary/aromatic N) is 5. The lowest BCUT2D eigenvalue weighted by Crippen LogP contribution is -2.41. The molecule has 0 bridgehead atoms. The van der Waals surface area contributed by atoms with E-state index in [0.717, 1.165) is 47.9 Å². The monoisotopic (exact) mass is 534 g/mol. The van der Waals surface area contributed by atoms with Gasteiger partial charge in [-0.2, -0.15) is 0 Å². The maximum atomic E-state index is 13.7. The van der Waals surface area contributed by atoms with Gasteiger partial charge in [0.25, 0.3) is 5.56 Å². The number of tetrazole rings is 1. The molecule has 1 aliphatic rings.